The third kappa shape index (κ3) is 3.85. The summed E-state index contributed by atoms with van der Waals surface area (Å²) in [5.41, 5.74) is 0. The van der Waals surface area contributed by atoms with Gasteiger partial charge in [-0.05, 0) is 12.8 Å². The third-order valence-corrected chi connectivity index (χ3v) is 2.90. The molecule has 0 spiro atoms. The number of hydrogen-bond donors (Lipinski definition) is 2. The Labute approximate surface area is 112 Å². The maximum atomic E-state index is 11.4. The fraction of sp³-hybridized carbons (Fsp3) is 0.462. The van der Waals surface area contributed by atoms with Crippen LogP contribution in [0.15, 0.2) is 12.4 Å². The molecule has 100 valence electrons. The quantitative estimate of drug-likeness (QED) is 0.741. The highest BCUT2D eigenvalue weighted by atomic mass is 16.1. The van der Waals surface area contributed by atoms with Crippen LogP contribution in [-0.4, -0.2) is 42.1 Å². The van der Waals surface area contributed by atoms with Crippen molar-refractivity contribution in [2.24, 2.45) is 0 Å². The number of terminal acetylenes is 1. The Bertz CT molecular complexity index is 476. The van der Waals surface area contributed by atoms with Gasteiger partial charge >= 0.3 is 0 Å². The van der Waals surface area contributed by atoms with E-state index in [0.717, 1.165) is 18.9 Å². The molecule has 0 saturated carbocycles. The number of rotatable bonds is 5. The summed E-state index contributed by atoms with van der Waals surface area (Å²) in [4.78, 5) is 21.9. The lowest BCUT2D eigenvalue weighted by Crippen LogP contribution is -2.30. The topological polar surface area (TPSA) is 70.2 Å². The molecule has 1 aliphatic heterocycles. The van der Waals surface area contributed by atoms with E-state index in [0.29, 0.717) is 5.82 Å². The Morgan fingerprint density at radius 3 is 2.95 bits per heavy atom. The van der Waals surface area contributed by atoms with Crippen LogP contribution in [-0.2, 0) is 4.79 Å². The fourth-order valence-electron chi connectivity index (χ4n) is 1.95. The highest BCUT2D eigenvalue weighted by Crippen LogP contribution is 2.18. The Hall–Kier alpha value is -2.29. The van der Waals surface area contributed by atoms with Crippen molar-refractivity contribution in [3.05, 3.63) is 12.4 Å². The molecule has 6 nitrogen and oxygen atoms in total. The Balaban J connectivity index is 1.88. The van der Waals surface area contributed by atoms with E-state index in [4.69, 9.17) is 6.42 Å². The average Bonchev–Trinajstić information content (AvgIpc) is 2.97. The van der Waals surface area contributed by atoms with Gasteiger partial charge in [-0.15, -0.1) is 6.42 Å². The molecule has 2 N–H and O–H groups in total. The molecule has 0 aromatic carbocycles. The normalized spacial score (nSPS) is 13.9. The van der Waals surface area contributed by atoms with Crippen molar-refractivity contribution in [1.82, 2.24) is 15.3 Å². The number of amides is 1. The minimum atomic E-state index is -0.153. The first-order chi connectivity index (χ1) is 9.29. The second-order valence-corrected chi connectivity index (χ2v) is 4.29. The molecule has 1 saturated heterocycles. The molecular weight excluding hydrogens is 242 g/mol. The maximum absolute atomic E-state index is 11.4. The van der Waals surface area contributed by atoms with E-state index in [1.807, 2.05) is 6.07 Å². The van der Waals surface area contributed by atoms with Crippen LogP contribution in [0.4, 0.5) is 11.6 Å². The summed E-state index contributed by atoms with van der Waals surface area (Å²) in [6.07, 6.45) is 8.96. The predicted molar refractivity (Wildman–Crippen MR) is 73.8 cm³/mol. The minimum Gasteiger partial charge on any atom is -0.361 e. The lowest BCUT2D eigenvalue weighted by Gasteiger charge is -2.16. The van der Waals surface area contributed by atoms with E-state index in [9.17, 15) is 4.79 Å². The lowest BCUT2D eigenvalue weighted by molar-refractivity contribution is -0.119. The lowest BCUT2D eigenvalue weighted by atomic mass is 10.4. The molecular formula is C13H17N5O. The number of hydrogen-bond acceptors (Lipinski definition) is 5. The van der Waals surface area contributed by atoms with Crippen molar-refractivity contribution in [3.8, 4) is 12.3 Å². The van der Waals surface area contributed by atoms with Crippen molar-refractivity contribution in [1.29, 1.82) is 0 Å². The van der Waals surface area contributed by atoms with Gasteiger partial charge in [0.2, 0.25) is 5.91 Å². The fourth-order valence-corrected chi connectivity index (χ4v) is 1.95. The van der Waals surface area contributed by atoms with Crippen LogP contribution >= 0.6 is 0 Å². The van der Waals surface area contributed by atoms with Gasteiger partial charge in [0, 0.05) is 19.2 Å². The molecule has 0 atom stereocenters. The van der Waals surface area contributed by atoms with Crippen molar-refractivity contribution >= 4 is 17.5 Å². The molecule has 0 bridgehead atoms. The van der Waals surface area contributed by atoms with E-state index in [1.165, 1.54) is 19.2 Å². The van der Waals surface area contributed by atoms with Gasteiger partial charge in [0.05, 0.1) is 13.1 Å². The summed E-state index contributed by atoms with van der Waals surface area (Å²) in [7, 11) is 0. The van der Waals surface area contributed by atoms with Crippen LogP contribution in [0.1, 0.15) is 12.8 Å². The smallest absolute Gasteiger partial charge is 0.240 e. The Kier molecular flexibility index (Phi) is 4.56. The van der Waals surface area contributed by atoms with E-state index in [2.05, 4.69) is 31.4 Å². The highest BCUT2D eigenvalue weighted by Gasteiger charge is 2.14. The van der Waals surface area contributed by atoms with Crippen LogP contribution in [0.3, 0.4) is 0 Å². The van der Waals surface area contributed by atoms with Gasteiger partial charge in [-0.1, -0.05) is 5.92 Å². The first kappa shape index (κ1) is 13.1. The van der Waals surface area contributed by atoms with Crippen molar-refractivity contribution in [2.45, 2.75) is 12.8 Å². The molecule has 19 heavy (non-hydrogen) atoms. The largest absolute Gasteiger partial charge is 0.361 e. The summed E-state index contributed by atoms with van der Waals surface area (Å²) < 4.78 is 0. The van der Waals surface area contributed by atoms with E-state index >= 15 is 0 Å². The van der Waals surface area contributed by atoms with Gasteiger partial charge in [-0.3, -0.25) is 4.79 Å². The first-order valence-electron chi connectivity index (χ1n) is 6.30. The zero-order chi connectivity index (χ0) is 13.5. The Morgan fingerprint density at radius 1 is 1.42 bits per heavy atom. The van der Waals surface area contributed by atoms with Gasteiger partial charge in [-0.25, -0.2) is 9.97 Å². The molecule has 0 radical (unpaired) electrons. The zero-order valence-corrected chi connectivity index (χ0v) is 10.7. The molecule has 1 aromatic rings. The number of nitrogens with zero attached hydrogens (tertiary/aromatic N) is 3. The first-order valence-corrected chi connectivity index (χ1v) is 6.30. The number of nitrogens with one attached hydrogen (secondary N) is 2. The molecule has 1 aliphatic rings. The standard InChI is InChI=1S/C13H17N5O/c1-2-5-14-13(19)9-15-11-8-12(17-10-16-11)18-6-3-4-7-18/h1,8,10H,3-7,9H2,(H,14,19)(H,15,16,17). The zero-order valence-electron chi connectivity index (χ0n) is 10.7. The summed E-state index contributed by atoms with van der Waals surface area (Å²) in [5, 5.41) is 5.54. The molecule has 6 heteroatoms. The van der Waals surface area contributed by atoms with E-state index < -0.39 is 0 Å². The van der Waals surface area contributed by atoms with E-state index in [-0.39, 0.29) is 19.0 Å². The van der Waals surface area contributed by atoms with Gasteiger partial charge < -0.3 is 15.5 Å². The average molecular weight is 259 g/mol. The SMILES string of the molecule is C#CCNC(=O)CNc1cc(N2CCCC2)ncn1. The van der Waals surface area contributed by atoms with Gasteiger partial charge in [0.15, 0.2) is 0 Å². The van der Waals surface area contributed by atoms with E-state index in [1.54, 1.807) is 0 Å². The highest BCUT2D eigenvalue weighted by molar-refractivity contribution is 5.80. The van der Waals surface area contributed by atoms with Gasteiger partial charge in [0.1, 0.15) is 18.0 Å². The molecule has 2 heterocycles. The van der Waals surface area contributed by atoms with Crippen LogP contribution in [0.2, 0.25) is 0 Å². The summed E-state index contributed by atoms with van der Waals surface area (Å²) >= 11 is 0. The number of anilines is 2. The van der Waals surface area contributed by atoms with Crippen LogP contribution in [0.5, 0.6) is 0 Å². The second kappa shape index (κ2) is 6.59. The molecule has 0 unspecified atom stereocenters. The second-order valence-electron chi connectivity index (χ2n) is 4.29. The summed E-state index contributed by atoms with van der Waals surface area (Å²) in [5.74, 6) is 3.75. The monoisotopic (exact) mass is 259 g/mol. The molecule has 1 fully saturated rings. The maximum Gasteiger partial charge on any atom is 0.240 e. The molecule has 0 aliphatic carbocycles. The third-order valence-electron chi connectivity index (χ3n) is 2.90. The Morgan fingerprint density at radius 2 is 2.21 bits per heavy atom. The van der Waals surface area contributed by atoms with Crippen LogP contribution in [0.25, 0.3) is 0 Å². The molecule has 1 amide bonds. The summed E-state index contributed by atoms with van der Waals surface area (Å²) in [6.45, 7) is 2.44. The summed E-state index contributed by atoms with van der Waals surface area (Å²) in [6, 6.07) is 1.86. The number of aromatic nitrogens is 2. The van der Waals surface area contributed by atoms with Crippen LogP contribution < -0.4 is 15.5 Å². The number of carbonyl (C=O) groups excluding carboxylic acids is 1. The molecule has 2 rings (SSSR count). The van der Waals surface area contributed by atoms with Crippen molar-refractivity contribution < 1.29 is 4.79 Å². The predicted octanol–water partition coefficient (Wildman–Crippen LogP) is 0.238. The van der Waals surface area contributed by atoms with Gasteiger partial charge in [0.25, 0.3) is 0 Å². The van der Waals surface area contributed by atoms with Crippen molar-refractivity contribution in [2.75, 3.05) is 36.4 Å². The molecule has 1 aromatic heterocycles. The minimum absolute atomic E-state index is 0.151. The van der Waals surface area contributed by atoms with Gasteiger partial charge in [-0.2, -0.15) is 0 Å². The number of carbonyl (C=O) groups is 1. The van der Waals surface area contributed by atoms with Crippen molar-refractivity contribution in [3.63, 3.8) is 0 Å². The van der Waals surface area contributed by atoms with Crippen LogP contribution in [0, 0.1) is 12.3 Å².